The Hall–Kier alpha value is -1.15. The van der Waals surface area contributed by atoms with Gasteiger partial charge in [0, 0.05) is 12.4 Å². The van der Waals surface area contributed by atoms with E-state index in [1.807, 2.05) is 0 Å². The summed E-state index contributed by atoms with van der Waals surface area (Å²) >= 11 is 0. The molecule has 0 saturated carbocycles. The van der Waals surface area contributed by atoms with Crippen molar-refractivity contribution in [2.75, 3.05) is 6.61 Å². The Labute approximate surface area is 75.0 Å². The van der Waals surface area contributed by atoms with Crippen molar-refractivity contribution in [2.24, 2.45) is 0 Å². The number of aromatic nitrogens is 2. The van der Waals surface area contributed by atoms with Gasteiger partial charge in [0.25, 0.3) is 0 Å². The lowest BCUT2D eigenvalue weighted by Crippen LogP contribution is -2.11. The summed E-state index contributed by atoms with van der Waals surface area (Å²) in [4.78, 5) is 14.7. The first-order chi connectivity index (χ1) is 6.17. The van der Waals surface area contributed by atoms with E-state index >= 15 is 0 Å². The summed E-state index contributed by atoms with van der Waals surface area (Å²) in [6.07, 6.45) is 3.76. The molecule has 0 aliphatic rings. The van der Waals surface area contributed by atoms with Crippen molar-refractivity contribution in [3.63, 3.8) is 0 Å². The molecule has 70 valence electrons. The predicted octanol–water partition coefficient (Wildman–Crippen LogP) is 0.130. The second-order valence-electron chi connectivity index (χ2n) is 2.15. The molecule has 0 spiro atoms. The molecule has 0 aliphatic carbocycles. The average Bonchev–Trinajstić information content (AvgIpc) is 2.56. The first-order valence-electron chi connectivity index (χ1n) is 3.48. The van der Waals surface area contributed by atoms with Gasteiger partial charge in [-0.3, -0.25) is 8.90 Å². The molecular formula is C6H7N3O3P-. The number of nitriles is 1. The second-order valence-corrected chi connectivity index (χ2v) is 3.81. The summed E-state index contributed by atoms with van der Waals surface area (Å²) in [5.74, 6) is 0. The van der Waals surface area contributed by atoms with Crippen LogP contribution in [0, 0.1) is 11.3 Å². The van der Waals surface area contributed by atoms with Gasteiger partial charge >= 0.3 is 0 Å². The smallest absolute Gasteiger partial charge is 0.237 e. The third-order valence-electron chi connectivity index (χ3n) is 1.24. The standard InChI is InChI=1S/C6H8N3O3P/c7-2-1-5-12-13(10,11)9-4-3-8-6-9/h3-4,6H,1,5H2,(H,10,11)/p-1. The number of rotatable bonds is 4. The van der Waals surface area contributed by atoms with Gasteiger partial charge in [-0.15, -0.1) is 0 Å². The number of imidazole rings is 1. The summed E-state index contributed by atoms with van der Waals surface area (Å²) in [6.45, 7) is -0.130. The largest absolute Gasteiger partial charge is 0.761 e. The Balaban J connectivity index is 2.58. The van der Waals surface area contributed by atoms with Crippen molar-refractivity contribution >= 4 is 7.75 Å². The highest BCUT2D eigenvalue weighted by Crippen LogP contribution is 2.37. The van der Waals surface area contributed by atoms with E-state index in [2.05, 4.69) is 9.51 Å². The Bertz CT molecular complexity index is 343. The minimum atomic E-state index is -4.07. The lowest BCUT2D eigenvalue weighted by molar-refractivity contribution is -0.201. The van der Waals surface area contributed by atoms with Crippen molar-refractivity contribution in [2.45, 2.75) is 6.42 Å². The molecule has 1 rings (SSSR count). The first kappa shape index (κ1) is 9.93. The van der Waals surface area contributed by atoms with Gasteiger partial charge in [-0.2, -0.15) is 5.26 Å². The van der Waals surface area contributed by atoms with Gasteiger partial charge in [0.15, 0.2) is 0 Å². The predicted molar refractivity (Wildman–Crippen MR) is 41.4 cm³/mol. The molecule has 1 atom stereocenters. The molecule has 1 aromatic rings. The molecule has 0 saturated heterocycles. The minimum Gasteiger partial charge on any atom is -0.761 e. The fourth-order valence-electron chi connectivity index (χ4n) is 0.670. The monoisotopic (exact) mass is 200 g/mol. The minimum absolute atomic E-state index is 0.0426. The molecule has 0 amide bonds. The second kappa shape index (κ2) is 4.19. The van der Waals surface area contributed by atoms with E-state index in [0.29, 0.717) is 0 Å². The molecule has 0 bridgehead atoms. The van der Waals surface area contributed by atoms with Crippen LogP contribution in [0.1, 0.15) is 6.42 Å². The van der Waals surface area contributed by atoms with Crippen LogP contribution in [0.15, 0.2) is 18.7 Å². The van der Waals surface area contributed by atoms with Crippen LogP contribution in [0.5, 0.6) is 0 Å². The summed E-state index contributed by atoms with van der Waals surface area (Å²) in [6, 6.07) is 1.78. The highest BCUT2D eigenvalue weighted by Gasteiger charge is 2.09. The Morgan fingerprint density at radius 2 is 2.54 bits per heavy atom. The third kappa shape index (κ3) is 2.67. The number of hydrogen-bond donors (Lipinski definition) is 0. The third-order valence-corrected chi connectivity index (χ3v) is 2.55. The topological polar surface area (TPSA) is 91.0 Å². The van der Waals surface area contributed by atoms with Crippen LogP contribution in [-0.2, 0) is 9.09 Å². The van der Waals surface area contributed by atoms with Gasteiger partial charge in [0.05, 0.1) is 19.1 Å². The Morgan fingerprint density at radius 3 is 3.08 bits per heavy atom. The summed E-state index contributed by atoms with van der Waals surface area (Å²) in [7, 11) is -4.07. The van der Waals surface area contributed by atoms with Gasteiger partial charge in [0.1, 0.15) is 6.33 Å². The molecule has 13 heavy (non-hydrogen) atoms. The van der Waals surface area contributed by atoms with Crippen molar-refractivity contribution < 1.29 is 14.0 Å². The highest BCUT2D eigenvalue weighted by atomic mass is 31.2. The van der Waals surface area contributed by atoms with Crippen molar-refractivity contribution in [3.05, 3.63) is 18.7 Å². The first-order valence-corrected chi connectivity index (χ1v) is 4.98. The van der Waals surface area contributed by atoms with E-state index in [4.69, 9.17) is 5.26 Å². The van der Waals surface area contributed by atoms with E-state index in [9.17, 15) is 9.46 Å². The van der Waals surface area contributed by atoms with Crippen LogP contribution in [-0.4, -0.2) is 15.9 Å². The van der Waals surface area contributed by atoms with Crippen LogP contribution in [0.4, 0.5) is 0 Å². The molecule has 0 aliphatic heterocycles. The SMILES string of the molecule is N#CCCOP(=O)([O-])n1ccnc1. The molecule has 6 nitrogen and oxygen atoms in total. The normalized spacial score (nSPS) is 14.8. The quantitative estimate of drug-likeness (QED) is 0.508. The van der Waals surface area contributed by atoms with Gasteiger partial charge < -0.3 is 9.42 Å². The maximum absolute atomic E-state index is 11.2. The maximum Gasteiger partial charge on any atom is 0.237 e. The van der Waals surface area contributed by atoms with Gasteiger partial charge in [-0.25, -0.2) is 4.98 Å². The molecule has 7 heteroatoms. The lowest BCUT2D eigenvalue weighted by Gasteiger charge is -2.22. The van der Waals surface area contributed by atoms with Crippen molar-refractivity contribution in [1.82, 2.24) is 9.32 Å². The summed E-state index contributed by atoms with van der Waals surface area (Å²) < 4.78 is 16.6. The molecule has 1 aromatic heterocycles. The lowest BCUT2D eigenvalue weighted by atomic mass is 10.5. The fraction of sp³-hybridized carbons (Fsp3) is 0.333. The van der Waals surface area contributed by atoms with E-state index in [-0.39, 0.29) is 13.0 Å². The number of hydrogen-bond acceptors (Lipinski definition) is 5. The highest BCUT2D eigenvalue weighted by molar-refractivity contribution is 7.49. The van der Waals surface area contributed by atoms with E-state index < -0.39 is 7.75 Å². The zero-order valence-electron chi connectivity index (χ0n) is 6.66. The van der Waals surface area contributed by atoms with Crippen molar-refractivity contribution in [1.29, 1.82) is 5.26 Å². The molecule has 0 N–H and O–H groups in total. The van der Waals surface area contributed by atoms with E-state index in [1.165, 1.54) is 12.4 Å². The van der Waals surface area contributed by atoms with Gasteiger partial charge in [0.2, 0.25) is 7.75 Å². The molecule has 1 unspecified atom stereocenters. The average molecular weight is 200 g/mol. The maximum atomic E-state index is 11.2. The fourth-order valence-corrected chi connectivity index (χ4v) is 1.53. The molecule has 0 radical (unpaired) electrons. The van der Waals surface area contributed by atoms with Gasteiger partial charge in [-0.1, -0.05) is 0 Å². The molecule has 0 fully saturated rings. The summed E-state index contributed by atoms with van der Waals surface area (Å²) in [5.41, 5.74) is 0. The van der Waals surface area contributed by atoms with Crippen LogP contribution in [0.2, 0.25) is 0 Å². The molecule has 0 aromatic carbocycles. The Kier molecular flexibility index (Phi) is 3.20. The summed E-state index contributed by atoms with van der Waals surface area (Å²) in [5, 5.41) is 8.15. The van der Waals surface area contributed by atoms with Gasteiger partial charge in [-0.05, 0) is 0 Å². The Morgan fingerprint density at radius 1 is 1.77 bits per heavy atom. The van der Waals surface area contributed by atoms with Crippen LogP contribution >= 0.6 is 7.75 Å². The van der Waals surface area contributed by atoms with Crippen LogP contribution < -0.4 is 4.89 Å². The molecule has 1 heterocycles. The zero-order chi connectivity index (χ0) is 9.73. The number of nitrogens with zero attached hydrogens (tertiary/aromatic N) is 3. The van der Waals surface area contributed by atoms with Crippen LogP contribution in [0.3, 0.4) is 0 Å². The van der Waals surface area contributed by atoms with Crippen molar-refractivity contribution in [3.8, 4) is 6.07 Å². The van der Waals surface area contributed by atoms with E-state index in [0.717, 1.165) is 10.7 Å². The zero-order valence-corrected chi connectivity index (χ0v) is 7.55. The van der Waals surface area contributed by atoms with E-state index in [1.54, 1.807) is 6.07 Å². The van der Waals surface area contributed by atoms with Crippen LogP contribution in [0.25, 0.3) is 0 Å². The molecular weight excluding hydrogens is 193 g/mol.